The van der Waals surface area contributed by atoms with Crippen molar-refractivity contribution in [1.82, 2.24) is 19.1 Å². The zero-order valence-corrected chi connectivity index (χ0v) is 20.8. The Morgan fingerprint density at radius 3 is 2.53 bits per heavy atom. The summed E-state index contributed by atoms with van der Waals surface area (Å²) in [4.78, 5) is 17.8. The summed E-state index contributed by atoms with van der Waals surface area (Å²) in [5.41, 5.74) is 1.75. The average Bonchev–Trinajstić information content (AvgIpc) is 3.60. The summed E-state index contributed by atoms with van der Waals surface area (Å²) in [5, 5.41) is 7.93. The van der Waals surface area contributed by atoms with Gasteiger partial charge in [0.2, 0.25) is 21.9 Å². The van der Waals surface area contributed by atoms with Crippen molar-refractivity contribution in [1.29, 1.82) is 0 Å². The lowest BCUT2D eigenvalue weighted by Gasteiger charge is -2.26. The third-order valence-electron chi connectivity index (χ3n) is 5.85. The van der Waals surface area contributed by atoms with Gasteiger partial charge >= 0.3 is 0 Å². The van der Waals surface area contributed by atoms with E-state index in [1.165, 1.54) is 39.9 Å². The van der Waals surface area contributed by atoms with Crippen molar-refractivity contribution < 1.29 is 27.4 Å². The Labute approximate surface area is 210 Å². The van der Waals surface area contributed by atoms with E-state index < -0.39 is 15.9 Å². The Bertz CT molecular complexity index is 1530. The normalized spacial score (nSPS) is 15.9. The zero-order chi connectivity index (χ0) is 24.9. The molecule has 1 amide bonds. The molecule has 1 saturated heterocycles. The molecule has 0 spiro atoms. The topological polar surface area (TPSA) is 125 Å². The smallest absolute Gasteiger partial charge is 0.256 e. The number of fused-ring (bicyclic) bond motifs is 2. The molecule has 2 aromatic carbocycles. The van der Waals surface area contributed by atoms with Crippen LogP contribution in [-0.4, -0.2) is 66.5 Å². The fraction of sp³-hybridized carbons (Fsp3) is 0.261. The van der Waals surface area contributed by atoms with Gasteiger partial charge in [-0.3, -0.25) is 4.79 Å². The van der Waals surface area contributed by atoms with E-state index in [1.54, 1.807) is 10.7 Å². The molecule has 1 fully saturated rings. The van der Waals surface area contributed by atoms with Crippen molar-refractivity contribution in [3.8, 4) is 16.6 Å². The van der Waals surface area contributed by atoms with Gasteiger partial charge in [-0.05, 0) is 31.2 Å². The van der Waals surface area contributed by atoms with Crippen molar-refractivity contribution in [3.63, 3.8) is 0 Å². The Morgan fingerprint density at radius 2 is 1.78 bits per heavy atom. The molecule has 6 rings (SSSR count). The lowest BCUT2D eigenvalue weighted by Crippen LogP contribution is -2.40. The van der Waals surface area contributed by atoms with Crippen LogP contribution in [0.2, 0.25) is 0 Å². The third kappa shape index (κ3) is 4.09. The van der Waals surface area contributed by atoms with E-state index in [1.807, 2.05) is 19.1 Å². The van der Waals surface area contributed by atoms with Gasteiger partial charge in [-0.2, -0.15) is 14.1 Å². The second-order valence-corrected chi connectivity index (χ2v) is 11.2. The van der Waals surface area contributed by atoms with Crippen LogP contribution in [0.1, 0.15) is 16.1 Å². The van der Waals surface area contributed by atoms with E-state index in [-0.39, 0.29) is 11.7 Å². The van der Waals surface area contributed by atoms with E-state index in [0.717, 1.165) is 10.2 Å². The first-order valence-corrected chi connectivity index (χ1v) is 13.4. The molecule has 36 heavy (non-hydrogen) atoms. The number of thiazole rings is 1. The minimum atomic E-state index is -3.64. The Kier molecular flexibility index (Phi) is 5.63. The van der Waals surface area contributed by atoms with E-state index in [0.29, 0.717) is 60.0 Å². The molecule has 4 aromatic rings. The number of nitrogens with one attached hydrogen (secondary N) is 1. The van der Waals surface area contributed by atoms with Gasteiger partial charge in [-0.1, -0.05) is 11.3 Å². The highest BCUT2D eigenvalue weighted by Gasteiger charge is 2.26. The number of benzene rings is 2. The van der Waals surface area contributed by atoms with Gasteiger partial charge in [-0.15, -0.1) is 0 Å². The van der Waals surface area contributed by atoms with Gasteiger partial charge in [0.1, 0.15) is 5.82 Å². The molecule has 2 aromatic heterocycles. The predicted molar refractivity (Wildman–Crippen MR) is 132 cm³/mol. The van der Waals surface area contributed by atoms with E-state index in [2.05, 4.69) is 15.4 Å². The average molecular weight is 528 g/mol. The molecule has 2 aliphatic heterocycles. The van der Waals surface area contributed by atoms with E-state index >= 15 is 0 Å². The van der Waals surface area contributed by atoms with Crippen LogP contribution in [0.15, 0.2) is 47.4 Å². The molecule has 0 saturated carbocycles. The van der Waals surface area contributed by atoms with Gasteiger partial charge < -0.3 is 19.5 Å². The largest absolute Gasteiger partial charge is 0.454 e. The third-order valence-corrected chi connectivity index (χ3v) is 8.76. The number of ether oxygens (including phenoxy) is 3. The molecule has 1 N–H and O–H groups in total. The van der Waals surface area contributed by atoms with Crippen molar-refractivity contribution in [2.75, 3.05) is 38.4 Å². The maximum Gasteiger partial charge on any atom is 0.256 e. The predicted octanol–water partition coefficient (Wildman–Crippen LogP) is 2.79. The number of amides is 1. The summed E-state index contributed by atoms with van der Waals surface area (Å²) >= 11 is 1.41. The number of hydrogen-bond acceptors (Lipinski definition) is 9. The molecule has 4 heterocycles. The van der Waals surface area contributed by atoms with Crippen LogP contribution in [0.3, 0.4) is 0 Å². The molecular formula is C23H21N5O6S2. The highest BCUT2D eigenvalue weighted by atomic mass is 32.2. The monoisotopic (exact) mass is 527 g/mol. The lowest BCUT2D eigenvalue weighted by atomic mass is 10.2. The van der Waals surface area contributed by atoms with Gasteiger partial charge in [0.15, 0.2) is 11.5 Å². The van der Waals surface area contributed by atoms with Crippen LogP contribution in [0.5, 0.6) is 11.5 Å². The number of aromatic nitrogens is 3. The van der Waals surface area contributed by atoms with Crippen LogP contribution >= 0.6 is 11.3 Å². The number of hydrogen-bond donors (Lipinski definition) is 1. The first kappa shape index (κ1) is 22.9. The van der Waals surface area contributed by atoms with Gasteiger partial charge in [0.25, 0.3) is 5.91 Å². The lowest BCUT2D eigenvalue weighted by molar-refractivity contribution is 0.0730. The number of nitrogens with zero attached hydrogens (tertiary/aromatic N) is 4. The second kappa shape index (κ2) is 8.85. The van der Waals surface area contributed by atoms with E-state index in [4.69, 9.17) is 14.2 Å². The summed E-state index contributed by atoms with van der Waals surface area (Å²) in [5.74, 6) is 1.36. The molecule has 0 radical (unpaired) electrons. The maximum absolute atomic E-state index is 13.0. The quantitative estimate of drug-likeness (QED) is 0.420. The molecule has 0 bridgehead atoms. The Hall–Kier alpha value is -3.52. The molecule has 13 heteroatoms. The molecular weight excluding hydrogens is 506 g/mol. The van der Waals surface area contributed by atoms with Crippen LogP contribution < -0.4 is 14.8 Å². The maximum atomic E-state index is 13.0. The molecule has 2 aliphatic rings. The molecule has 11 nitrogen and oxygen atoms in total. The minimum Gasteiger partial charge on any atom is -0.454 e. The number of carbonyl (C=O) groups is 1. The first-order chi connectivity index (χ1) is 17.4. The fourth-order valence-corrected chi connectivity index (χ4v) is 6.38. The summed E-state index contributed by atoms with van der Waals surface area (Å²) in [7, 11) is -3.64. The number of sulfonamides is 1. The standard InChI is InChI=1S/C23H21N5O6S2/c1-14-10-21(28(26-14)23-24-17-11-18-19(34-13-33-18)12-20(17)35-23)25-22(29)15-2-4-16(5-3-15)36(30,31)27-6-8-32-9-7-27/h2-5,10-12H,6-9,13H2,1H3,(H,25,29). The van der Waals surface area contributed by atoms with Crippen molar-refractivity contribution in [3.05, 3.63) is 53.7 Å². The molecule has 0 unspecified atom stereocenters. The first-order valence-electron chi connectivity index (χ1n) is 11.1. The SMILES string of the molecule is Cc1cc(NC(=O)c2ccc(S(=O)(=O)N3CCOCC3)cc2)n(-c2nc3cc4c(cc3s2)OCO4)n1. The molecule has 0 aliphatic carbocycles. The fourth-order valence-electron chi connectivity index (χ4n) is 4.03. The van der Waals surface area contributed by atoms with Crippen LogP contribution in [0, 0.1) is 6.92 Å². The minimum absolute atomic E-state index is 0.135. The van der Waals surface area contributed by atoms with Gasteiger partial charge in [0, 0.05) is 36.9 Å². The number of morpholine rings is 1. The van der Waals surface area contributed by atoms with Crippen LogP contribution in [0.4, 0.5) is 5.82 Å². The number of carbonyl (C=O) groups excluding carboxylic acids is 1. The van der Waals surface area contributed by atoms with E-state index in [9.17, 15) is 13.2 Å². The van der Waals surface area contributed by atoms with Gasteiger partial charge in [-0.25, -0.2) is 13.4 Å². The zero-order valence-electron chi connectivity index (χ0n) is 19.1. The second-order valence-electron chi connectivity index (χ2n) is 8.25. The number of rotatable bonds is 5. The highest BCUT2D eigenvalue weighted by Crippen LogP contribution is 2.39. The van der Waals surface area contributed by atoms with Gasteiger partial charge in [0.05, 0.1) is 34.0 Å². The number of anilines is 1. The number of aryl methyl sites for hydroxylation is 1. The summed E-state index contributed by atoms with van der Waals surface area (Å²) < 4.78 is 45.7. The van der Waals surface area contributed by atoms with Crippen LogP contribution in [-0.2, 0) is 14.8 Å². The summed E-state index contributed by atoms with van der Waals surface area (Å²) in [6, 6.07) is 11.3. The van der Waals surface area contributed by atoms with Crippen molar-refractivity contribution >= 4 is 43.3 Å². The van der Waals surface area contributed by atoms with Crippen LogP contribution in [0.25, 0.3) is 15.3 Å². The summed E-state index contributed by atoms with van der Waals surface area (Å²) in [6.45, 7) is 3.36. The van der Waals surface area contributed by atoms with Crippen molar-refractivity contribution in [2.24, 2.45) is 0 Å². The Morgan fingerprint density at radius 1 is 1.06 bits per heavy atom. The Balaban J connectivity index is 1.24. The van der Waals surface area contributed by atoms with Crippen molar-refractivity contribution in [2.45, 2.75) is 11.8 Å². The molecule has 186 valence electrons. The summed E-state index contributed by atoms with van der Waals surface area (Å²) in [6.07, 6.45) is 0. The highest BCUT2D eigenvalue weighted by molar-refractivity contribution is 7.89. The molecule has 0 atom stereocenters.